The topological polar surface area (TPSA) is 127 Å². The second kappa shape index (κ2) is 9.52. The minimum absolute atomic E-state index is 0.0416. The molecule has 0 aliphatic carbocycles. The Morgan fingerprint density at radius 3 is 2.56 bits per heavy atom. The van der Waals surface area contributed by atoms with Gasteiger partial charge in [-0.3, -0.25) is 14.5 Å². The average Bonchev–Trinajstić information content (AvgIpc) is 3.09. The fourth-order valence-electron chi connectivity index (χ4n) is 5.20. The Balaban J connectivity index is 1.31. The molecular formula is C23H26F3N7O3. The molecule has 2 aromatic heterocycles. The van der Waals surface area contributed by atoms with Gasteiger partial charge in [0.15, 0.2) is 0 Å². The van der Waals surface area contributed by atoms with Gasteiger partial charge in [-0.1, -0.05) is 0 Å². The van der Waals surface area contributed by atoms with E-state index < -0.39 is 17.6 Å². The number of fused-ring (bicyclic) bond motifs is 2. The van der Waals surface area contributed by atoms with E-state index in [0.29, 0.717) is 44.1 Å². The van der Waals surface area contributed by atoms with Gasteiger partial charge in [0.1, 0.15) is 11.8 Å². The van der Waals surface area contributed by atoms with Gasteiger partial charge < -0.3 is 20.7 Å². The van der Waals surface area contributed by atoms with Gasteiger partial charge in [-0.25, -0.2) is 15.0 Å². The molecule has 2 aromatic rings. The lowest BCUT2D eigenvalue weighted by Crippen LogP contribution is -2.48. The molecule has 3 aliphatic rings. The zero-order valence-corrected chi connectivity index (χ0v) is 19.4. The number of nitrogens with zero attached hydrogens (tertiary/aromatic N) is 5. The molecular weight excluding hydrogens is 479 g/mol. The quantitative estimate of drug-likeness (QED) is 0.605. The number of hydrogen-bond donors (Lipinski definition) is 2. The number of piperidine rings is 1. The third kappa shape index (κ3) is 5.20. The first-order chi connectivity index (χ1) is 17.2. The van der Waals surface area contributed by atoms with Gasteiger partial charge in [0.05, 0.1) is 17.8 Å². The third-order valence-corrected chi connectivity index (χ3v) is 6.79. The monoisotopic (exact) mass is 505 g/mol. The lowest BCUT2D eigenvalue weighted by atomic mass is 10.00. The number of nitrogens with one attached hydrogen (secondary N) is 1. The van der Waals surface area contributed by atoms with Gasteiger partial charge in [0.2, 0.25) is 17.7 Å². The van der Waals surface area contributed by atoms with Crippen molar-refractivity contribution < 1.29 is 27.5 Å². The Kier molecular flexibility index (Phi) is 6.41. The molecule has 0 radical (unpaired) electrons. The summed E-state index contributed by atoms with van der Waals surface area (Å²) < 4.78 is 44.3. The Hall–Kier alpha value is -3.48. The second-order valence-electron chi connectivity index (χ2n) is 9.36. The van der Waals surface area contributed by atoms with Crippen LogP contribution in [0.15, 0.2) is 24.4 Å². The summed E-state index contributed by atoms with van der Waals surface area (Å²) in [5, 5.41) is 2.78. The molecule has 36 heavy (non-hydrogen) atoms. The van der Waals surface area contributed by atoms with Crippen LogP contribution >= 0.6 is 0 Å². The number of anilines is 1. The van der Waals surface area contributed by atoms with E-state index in [1.54, 1.807) is 6.07 Å². The molecule has 2 amide bonds. The molecule has 192 valence electrons. The van der Waals surface area contributed by atoms with E-state index in [1.807, 2.05) is 4.90 Å². The van der Waals surface area contributed by atoms with Gasteiger partial charge in [-0.05, 0) is 25.0 Å². The van der Waals surface area contributed by atoms with Crippen molar-refractivity contribution in [3.63, 3.8) is 0 Å². The van der Waals surface area contributed by atoms with E-state index >= 15 is 0 Å². The predicted molar refractivity (Wildman–Crippen MR) is 121 cm³/mol. The van der Waals surface area contributed by atoms with Gasteiger partial charge in [-0.2, -0.15) is 13.2 Å². The molecule has 2 unspecified atom stereocenters. The fraction of sp³-hybridized carbons (Fsp3) is 0.522. The number of alkyl halides is 3. The SMILES string of the molecule is NC(=O)c1cc(CN2CCNC(=O)C2)nc(N2C3CC[C@H]2CC(Oc2ccc(C(F)(F)F)cn2)C3)n1. The van der Waals surface area contributed by atoms with Crippen molar-refractivity contribution in [1.29, 1.82) is 0 Å². The van der Waals surface area contributed by atoms with Gasteiger partial charge in [0, 0.05) is 56.8 Å². The number of carbonyl (C=O) groups excluding carboxylic acids is 2. The summed E-state index contributed by atoms with van der Waals surface area (Å²) in [6, 6.07) is 3.85. The number of primary amides is 1. The van der Waals surface area contributed by atoms with Crippen molar-refractivity contribution in [3.8, 4) is 5.88 Å². The number of piperazine rings is 1. The molecule has 0 aromatic carbocycles. The standard InChI is InChI=1S/C23H26F3N7O3/c24-23(25,26)13-1-4-20(29-10-13)36-17-8-15-2-3-16(9-17)33(15)22-30-14(7-18(31-22)21(27)35)11-32-6-5-28-19(34)12-32/h1,4,7,10,15-17H,2-3,5-6,8-9,11-12H2,(H2,27,35)(H,28,34)/t15-,16?,17?/m0/s1. The lowest BCUT2D eigenvalue weighted by Gasteiger charge is -2.39. The number of nitrogens with two attached hydrogens (primary N) is 1. The number of halogens is 3. The summed E-state index contributed by atoms with van der Waals surface area (Å²) >= 11 is 0. The number of pyridine rings is 1. The molecule has 10 nitrogen and oxygen atoms in total. The zero-order chi connectivity index (χ0) is 25.4. The maximum Gasteiger partial charge on any atom is 0.417 e. The Morgan fingerprint density at radius 1 is 1.19 bits per heavy atom. The molecule has 3 N–H and O–H groups in total. The molecule has 3 saturated heterocycles. The lowest BCUT2D eigenvalue weighted by molar-refractivity contribution is -0.137. The maximum atomic E-state index is 12.8. The van der Waals surface area contributed by atoms with Crippen LogP contribution < -0.4 is 20.7 Å². The highest BCUT2D eigenvalue weighted by Crippen LogP contribution is 2.39. The first-order valence-electron chi connectivity index (χ1n) is 11.8. The summed E-state index contributed by atoms with van der Waals surface area (Å²) in [6.45, 7) is 1.85. The van der Waals surface area contributed by atoms with Crippen molar-refractivity contribution in [2.45, 2.75) is 56.6 Å². The summed E-state index contributed by atoms with van der Waals surface area (Å²) in [5.41, 5.74) is 5.44. The molecule has 3 fully saturated rings. The van der Waals surface area contributed by atoms with Crippen LogP contribution in [-0.4, -0.2) is 69.5 Å². The number of amides is 2. The normalized spacial score (nSPS) is 24.5. The van der Waals surface area contributed by atoms with E-state index in [2.05, 4.69) is 20.2 Å². The number of rotatable bonds is 6. The number of carbonyl (C=O) groups is 2. The first kappa shape index (κ1) is 24.2. The molecule has 0 saturated carbocycles. The number of aromatic nitrogens is 3. The predicted octanol–water partition coefficient (Wildman–Crippen LogP) is 1.50. The maximum absolute atomic E-state index is 12.8. The summed E-state index contributed by atoms with van der Waals surface area (Å²) in [6.07, 6.45) is -0.915. The van der Waals surface area contributed by atoms with Crippen LogP contribution in [0.5, 0.6) is 5.88 Å². The molecule has 5 rings (SSSR count). The Labute approximate surface area is 205 Å². The highest BCUT2D eigenvalue weighted by atomic mass is 19.4. The van der Waals surface area contributed by atoms with E-state index in [9.17, 15) is 22.8 Å². The van der Waals surface area contributed by atoms with Crippen molar-refractivity contribution in [3.05, 3.63) is 41.3 Å². The Bertz CT molecular complexity index is 1130. The molecule has 0 spiro atoms. The van der Waals surface area contributed by atoms with E-state index in [4.69, 9.17) is 15.5 Å². The highest BCUT2D eigenvalue weighted by molar-refractivity contribution is 5.91. The molecule has 3 aliphatic heterocycles. The zero-order valence-electron chi connectivity index (χ0n) is 19.4. The number of hydrogen-bond acceptors (Lipinski definition) is 8. The van der Waals surface area contributed by atoms with Crippen molar-refractivity contribution in [2.75, 3.05) is 24.5 Å². The van der Waals surface area contributed by atoms with Gasteiger partial charge in [0.25, 0.3) is 5.91 Å². The van der Waals surface area contributed by atoms with Crippen LogP contribution in [0.2, 0.25) is 0 Å². The van der Waals surface area contributed by atoms with Crippen LogP contribution in [0.4, 0.5) is 19.1 Å². The van der Waals surface area contributed by atoms with Crippen LogP contribution in [0, 0.1) is 0 Å². The van der Waals surface area contributed by atoms with E-state index in [0.717, 1.165) is 25.1 Å². The summed E-state index contributed by atoms with van der Waals surface area (Å²) in [7, 11) is 0. The Morgan fingerprint density at radius 2 is 1.94 bits per heavy atom. The number of ether oxygens (including phenoxy) is 1. The van der Waals surface area contributed by atoms with E-state index in [-0.39, 0.29) is 42.2 Å². The fourth-order valence-corrected chi connectivity index (χ4v) is 5.20. The summed E-state index contributed by atoms with van der Waals surface area (Å²) in [4.78, 5) is 40.7. The minimum Gasteiger partial charge on any atom is -0.474 e. The molecule has 3 atom stereocenters. The van der Waals surface area contributed by atoms with E-state index in [1.165, 1.54) is 6.07 Å². The van der Waals surface area contributed by atoms with Gasteiger partial charge in [-0.15, -0.1) is 0 Å². The second-order valence-corrected chi connectivity index (χ2v) is 9.36. The van der Waals surface area contributed by atoms with Crippen molar-refractivity contribution in [1.82, 2.24) is 25.2 Å². The largest absolute Gasteiger partial charge is 0.474 e. The van der Waals surface area contributed by atoms with Crippen LogP contribution in [0.3, 0.4) is 0 Å². The van der Waals surface area contributed by atoms with Crippen LogP contribution in [-0.2, 0) is 17.5 Å². The van der Waals surface area contributed by atoms with Crippen LogP contribution in [0.1, 0.15) is 47.4 Å². The van der Waals surface area contributed by atoms with Crippen molar-refractivity contribution in [2.24, 2.45) is 5.73 Å². The highest BCUT2D eigenvalue weighted by Gasteiger charge is 2.43. The minimum atomic E-state index is -4.45. The summed E-state index contributed by atoms with van der Waals surface area (Å²) in [5.74, 6) is -0.148. The van der Waals surface area contributed by atoms with Crippen LogP contribution in [0.25, 0.3) is 0 Å². The smallest absolute Gasteiger partial charge is 0.417 e. The molecule has 2 bridgehead atoms. The average molecular weight is 506 g/mol. The molecule has 13 heteroatoms. The van der Waals surface area contributed by atoms with Crippen molar-refractivity contribution >= 4 is 17.8 Å². The van der Waals surface area contributed by atoms with Gasteiger partial charge >= 0.3 is 6.18 Å². The molecule has 5 heterocycles. The third-order valence-electron chi connectivity index (χ3n) is 6.79. The first-order valence-corrected chi connectivity index (χ1v) is 11.8.